The third kappa shape index (κ3) is 3.84. The third-order valence-corrected chi connectivity index (χ3v) is 4.04. The van der Waals surface area contributed by atoms with Crippen LogP contribution in [0.1, 0.15) is 35.5 Å². The number of carbonyl (C=O) groups is 2. The molecule has 2 amide bonds. The molecule has 8 heteroatoms. The minimum Gasteiger partial charge on any atom is -0.351 e. The lowest BCUT2D eigenvalue weighted by Crippen LogP contribution is -2.50. The van der Waals surface area contributed by atoms with Crippen molar-refractivity contribution < 1.29 is 22.9 Å². The predicted octanol–water partition coefficient (Wildman–Crippen LogP) is 2.89. The highest BCUT2D eigenvalue weighted by Crippen LogP contribution is 2.22. The highest BCUT2D eigenvalue weighted by atomic mass is 19.1. The van der Waals surface area contributed by atoms with Gasteiger partial charge in [0.15, 0.2) is 0 Å². The van der Waals surface area contributed by atoms with Crippen LogP contribution in [0.4, 0.5) is 14.5 Å². The number of rotatable bonds is 3. The normalized spacial score (nSPS) is 17.4. The van der Waals surface area contributed by atoms with E-state index in [-0.39, 0.29) is 11.4 Å². The number of hydrogen-bond acceptors (Lipinski definition) is 4. The Hall–Kier alpha value is -2.77. The maximum absolute atomic E-state index is 13.3. The molecule has 0 bridgehead atoms. The first-order valence-corrected chi connectivity index (χ1v) is 7.95. The summed E-state index contributed by atoms with van der Waals surface area (Å²) in [6.45, 7) is 2.09. The lowest BCUT2D eigenvalue weighted by molar-refractivity contribution is -0.121. The Morgan fingerprint density at radius 3 is 2.56 bits per heavy atom. The van der Waals surface area contributed by atoms with Gasteiger partial charge in [-0.2, -0.15) is 0 Å². The molecule has 1 N–H and O–H groups in total. The Morgan fingerprint density at radius 2 is 1.92 bits per heavy atom. The molecule has 132 valence electrons. The molecule has 0 spiro atoms. The zero-order valence-electron chi connectivity index (χ0n) is 13.6. The molecule has 0 radical (unpaired) electrons. The van der Waals surface area contributed by atoms with E-state index in [4.69, 9.17) is 4.52 Å². The number of piperidine rings is 1. The van der Waals surface area contributed by atoms with Gasteiger partial charge in [0.1, 0.15) is 17.7 Å². The van der Waals surface area contributed by atoms with Crippen molar-refractivity contribution in [2.24, 2.45) is 0 Å². The first-order valence-electron chi connectivity index (χ1n) is 7.95. The van der Waals surface area contributed by atoms with Crippen LogP contribution < -0.4 is 5.32 Å². The van der Waals surface area contributed by atoms with Gasteiger partial charge in [-0.1, -0.05) is 5.16 Å². The fourth-order valence-corrected chi connectivity index (χ4v) is 2.90. The second-order valence-electron chi connectivity index (χ2n) is 5.99. The molecule has 3 rings (SSSR count). The van der Waals surface area contributed by atoms with E-state index >= 15 is 0 Å². The zero-order chi connectivity index (χ0) is 18.0. The minimum atomic E-state index is -0.788. The lowest BCUT2D eigenvalue weighted by Gasteiger charge is -2.34. The maximum atomic E-state index is 13.3. The van der Waals surface area contributed by atoms with Crippen LogP contribution in [-0.4, -0.2) is 34.5 Å². The fraction of sp³-hybridized carbons (Fsp3) is 0.353. The average molecular weight is 349 g/mol. The Balaban J connectivity index is 1.78. The number of benzene rings is 1. The van der Waals surface area contributed by atoms with Crippen molar-refractivity contribution in [3.05, 3.63) is 47.4 Å². The largest absolute Gasteiger partial charge is 0.351 e. The first kappa shape index (κ1) is 17.1. The first-order chi connectivity index (χ1) is 11.9. The van der Waals surface area contributed by atoms with Gasteiger partial charge in [0.05, 0.1) is 5.69 Å². The van der Waals surface area contributed by atoms with Crippen molar-refractivity contribution in [3.8, 4) is 0 Å². The SMILES string of the molecule is Cc1cc(C(=O)N2CCCC[C@H]2C(=O)Nc2cc(F)cc(F)c2)on1. The number of carbonyl (C=O) groups excluding carboxylic acids is 2. The summed E-state index contributed by atoms with van der Waals surface area (Å²) in [6.07, 6.45) is 1.99. The number of halogens is 2. The second-order valence-corrected chi connectivity index (χ2v) is 5.99. The Labute approximate surface area is 142 Å². The molecule has 1 aromatic heterocycles. The minimum absolute atomic E-state index is 0.0102. The molecule has 0 aliphatic carbocycles. The number of nitrogens with zero attached hydrogens (tertiary/aromatic N) is 2. The van der Waals surface area contributed by atoms with Gasteiger partial charge in [-0.05, 0) is 38.3 Å². The smallest absolute Gasteiger partial charge is 0.293 e. The predicted molar refractivity (Wildman–Crippen MR) is 84.9 cm³/mol. The van der Waals surface area contributed by atoms with E-state index in [0.29, 0.717) is 18.7 Å². The van der Waals surface area contributed by atoms with Gasteiger partial charge in [-0.15, -0.1) is 0 Å². The molecule has 2 heterocycles. The van der Waals surface area contributed by atoms with E-state index in [1.165, 1.54) is 11.0 Å². The quantitative estimate of drug-likeness (QED) is 0.924. The van der Waals surface area contributed by atoms with Crippen molar-refractivity contribution in [1.82, 2.24) is 10.1 Å². The molecule has 0 saturated carbocycles. The van der Waals surface area contributed by atoms with Gasteiger partial charge in [0.2, 0.25) is 11.7 Å². The van der Waals surface area contributed by atoms with E-state index in [9.17, 15) is 18.4 Å². The molecule has 6 nitrogen and oxygen atoms in total. The Bertz CT molecular complexity index is 786. The Kier molecular flexibility index (Phi) is 4.78. The van der Waals surface area contributed by atoms with Gasteiger partial charge < -0.3 is 14.7 Å². The lowest BCUT2D eigenvalue weighted by atomic mass is 10.0. The van der Waals surface area contributed by atoms with E-state index in [2.05, 4.69) is 10.5 Å². The van der Waals surface area contributed by atoms with Crippen LogP contribution in [0, 0.1) is 18.6 Å². The van der Waals surface area contributed by atoms with E-state index in [1.54, 1.807) is 6.92 Å². The van der Waals surface area contributed by atoms with Gasteiger partial charge in [0.25, 0.3) is 5.91 Å². The summed E-state index contributed by atoms with van der Waals surface area (Å²) in [4.78, 5) is 26.5. The molecule has 1 aromatic carbocycles. The van der Waals surface area contributed by atoms with Crippen molar-refractivity contribution in [2.75, 3.05) is 11.9 Å². The summed E-state index contributed by atoms with van der Waals surface area (Å²) in [5.41, 5.74) is 0.576. The molecule has 2 aromatic rings. The van der Waals surface area contributed by atoms with E-state index in [0.717, 1.165) is 31.0 Å². The zero-order valence-corrected chi connectivity index (χ0v) is 13.6. The van der Waals surface area contributed by atoms with Gasteiger partial charge in [-0.25, -0.2) is 8.78 Å². The molecule has 1 fully saturated rings. The van der Waals surface area contributed by atoms with E-state index < -0.39 is 29.5 Å². The van der Waals surface area contributed by atoms with Crippen molar-refractivity contribution in [2.45, 2.75) is 32.2 Å². The van der Waals surface area contributed by atoms with Gasteiger partial charge in [0, 0.05) is 24.4 Å². The van der Waals surface area contributed by atoms with Crippen molar-refractivity contribution >= 4 is 17.5 Å². The van der Waals surface area contributed by atoms with Crippen LogP contribution in [0.3, 0.4) is 0 Å². The number of likely N-dealkylation sites (tertiary alicyclic amines) is 1. The molecule has 0 unspecified atom stereocenters. The summed E-state index contributed by atoms with van der Waals surface area (Å²) in [5.74, 6) is -2.43. The molecule has 25 heavy (non-hydrogen) atoms. The maximum Gasteiger partial charge on any atom is 0.293 e. The molecule has 1 atom stereocenters. The second kappa shape index (κ2) is 7.00. The highest BCUT2D eigenvalue weighted by molar-refractivity contribution is 6.00. The standard InChI is InChI=1S/C17H17F2N3O3/c1-10-6-15(25-21-10)17(24)22-5-3-2-4-14(22)16(23)20-13-8-11(18)7-12(19)9-13/h6-9,14H,2-5H2,1H3,(H,20,23)/t14-/m0/s1. The van der Waals surface area contributed by atoms with Gasteiger partial charge >= 0.3 is 0 Å². The van der Waals surface area contributed by atoms with Gasteiger partial charge in [-0.3, -0.25) is 9.59 Å². The van der Waals surface area contributed by atoms with Crippen LogP contribution in [0.15, 0.2) is 28.8 Å². The van der Waals surface area contributed by atoms with E-state index in [1.807, 2.05) is 0 Å². The van der Waals surface area contributed by atoms with Crippen molar-refractivity contribution in [3.63, 3.8) is 0 Å². The number of nitrogens with one attached hydrogen (secondary N) is 1. The molecular formula is C17H17F2N3O3. The van der Waals surface area contributed by atoms with Crippen LogP contribution in [0.25, 0.3) is 0 Å². The summed E-state index contributed by atoms with van der Waals surface area (Å²) < 4.78 is 31.5. The number of amides is 2. The highest BCUT2D eigenvalue weighted by Gasteiger charge is 2.34. The summed E-state index contributed by atoms with van der Waals surface area (Å²) >= 11 is 0. The summed E-state index contributed by atoms with van der Waals surface area (Å²) in [5, 5.41) is 6.16. The summed E-state index contributed by atoms with van der Waals surface area (Å²) in [7, 11) is 0. The fourth-order valence-electron chi connectivity index (χ4n) is 2.90. The van der Waals surface area contributed by atoms with Crippen LogP contribution in [-0.2, 0) is 4.79 Å². The number of hydrogen-bond donors (Lipinski definition) is 1. The van der Waals surface area contributed by atoms with Crippen LogP contribution >= 0.6 is 0 Å². The monoisotopic (exact) mass is 349 g/mol. The van der Waals surface area contributed by atoms with Crippen LogP contribution in [0.5, 0.6) is 0 Å². The topological polar surface area (TPSA) is 75.4 Å². The van der Waals surface area contributed by atoms with Crippen molar-refractivity contribution in [1.29, 1.82) is 0 Å². The molecular weight excluding hydrogens is 332 g/mol. The number of aromatic nitrogens is 1. The average Bonchev–Trinajstić information content (AvgIpc) is 2.99. The number of anilines is 1. The van der Waals surface area contributed by atoms with Crippen LogP contribution in [0.2, 0.25) is 0 Å². The molecule has 1 saturated heterocycles. The molecule has 1 aliphatic heterocycles. The third-order valence-electron chi connectivity index (χ3n) is 4.04. The molecule has 1 aliphatic rings. The number of aryl methyl sites for hydroxylation is 1. The Morgan fingerprint density at radius 1 is 1.20 bits per heavy atom. The summed E-state index contributed by atoms with van der Waals surface area (Å²) in [6, 6.07) is 3.54.